The molecule has 0 spiro atoms. The molecule has 0 aliphatic heterocycles. The van der Waals surface area contributed by atoms with Crippen molar-refractivity contribution in [1.29, 1.82) is 0 Å². The molecule has 4 nitrogen and oxygen atoms in total. The first kappa shape index (κ1) is 23.2. The fourth-order valence-electron chi connectivity index (χ4n) is 2.91. The maximum absolute atomic E-state index is 13.7. The van der Waals surface area contributed by atoms with E-state index in [4.69, 9.17) is 12.2 Å². The number of carbonyl (C=O) groups is 1. The van der Waals surface area contributed by atoms with Crippen LogP contribution in [0.2, 0.25) is 0 Å². The van der Waals surface area contributed by atoms with Crippen LogP contribution in [0, 0.1) is 5.82 Å². The van der Waals surface area contributed by atoms with Gasteiger partial charge in [-0.05, 0) is 73.2 Å². The Labute approximate surface area is 187 Å². The summed E-state index contributed by atoms with van der Waals surface area (Å²) in [5, 5.41) is 8.70. The van der Waals surface area contributed by atoms with Gasteiger partial charge in [-0.15, -0.1) is 0 Å². The number of alkyl halides is 3. The van der Waals surface area contributed by atoms with Gasteiger partial charge in [0.15, 0.2) is 5.11 Å². The van der Waals surface area contributed by atoms with Crippen molar-refractivity contribution in [1.82, 2.24) is 5.32 Å². The van der Waals surface area contributed by atoms with E-state index in [0.717, 1.165) is 12.1 Å². The van der Waals surface area contributed by atoms with E-state index in [1.165, 1.54) is 24.3 Å². The molecule has 0 aliphatic rings. The van der Waals surface area contributed by atoms with Crippen molar-refractivity contribution >= 4 is 34.6 Å². The highest BCUT2D eigenvalue weighted by atomic mass is 32.1. The van der Waals surface area contributed by atoms with Crippen LogP contribution in [0.4, 0.5) is 28.9 Å². The second-order valence-electron chi connectivity index (χ2n) is 6.95. The summed E-state index contributed by atoms with van der Waals surface area (Å²) < 4.78 is 52.4. The van der Waals surface area contributed by atoms with Gasteiger partial charge in [-0.2, -0.15) is 13.2 Å². The van der Waals surface area contributed by atoms with Gasteiger partial charge in [-0.25, -0.2) is 4.39 Å². The zero-order chi connectivity index (χ0) is 23.3. The smallest absolute Gasteiger partial charge is 0.356 e. The van der Waals surface area contributed by atoms with Crippen molar-refractivity contribution in [3.8, 4) is 0 Å². The van der Waals surface area contributed by atoms with Crippen molar-refractivity contribution in [2.24, 2.45) is 0 Å². The second kappa shape index (κ2) is 9.78. The quantitative estimate of drug-likeness (QED) is 0.315. The fourth-order valence-corrected chi connectivity index (χ4v) is 3.21. The van der Waals surface area contributed by atoms with E-state index in [9.17, 15) is 22.4 Å². The molecule has 0 saturated heterocycles. The number of hydrogen-bond acceptors (Lipinski definition) is 2. The molecule has 0 fully saturated rings. The van der Waals surface area contributed by atoms with Gasteiger partial charge in [0.05, 0.1) is 17.2 Å². The monoisotopic (exact) mass is 461 g/mol. The summed E-state index contributed by atoms with van der Waals surface area (Å²) in [6, 6.07) is 16.7. The maximum Gasteiger partial charge on any atom is 0.416 e. The number of carbonyl (C=O) groups excluding carboxylic acids is 1. The number of rotatable bonds is 5. The van der Waals surface area contributed by atoms with E-state index in [0.29, 0.717) is 16.9 Å². The summed E-state index contributed by atoms with van der Waals surface area (Å²) in [7, 11) is 0. The highest BCUT2D eigenvalue weighted by Crippen LogP contribution is 2.30. The van der Waals surface area contributed by atoms with Crippen molar-refractivity contribution in [3.05, 3.63) is 95.3 Å². The molecule has 1 amide bonds. The van der Waals surface area contributed by atoms with Crippen LogP contribution in [0.3, 0.4) is 0 Å². The number of amides is 1. The third-order valence-corrected chi connectivity index (χ3v) is 4.80. The molecule has 1 unspecified atom stereocenters. The van der Waals surface area contributed by atoms with Crippen LogP contribution >= 0.6 is 12.2 Å². The average molecular weight is 461 g/mol. The van der Waals surface area contributed by atoms with Gasteiger partial charge < -0.3 is 16.0 Å². The van der Waals surface area contributed by atoms with Gasteiger partial charge in [0.1, 0.15) is 5.82 Å². The van der Waals surface area contributed by atoms with E-state index in [1.807, 2.05) is 0 Å². The Hall–Kier alpha value is -3.46. The molecule has 3 aromatic carbocycles. The third kappa shape index (κ3) is 6.04. The summed E-state index contributed by atoms with van der Waals surface area (Å²) >= 11 is 5.24. The summed E-state index contributed by atoms with van der Waals surface area (Å²) in [6.45, 7) is 1.70. The lowest BCUT2D eigenvalue weighted by Gasteiger charge is -2.19. The first-order chi connectivity index (χ1) is 15.1. The standard InChI is InChI=1S/C23H19F4N3OS/c1-14(15-5-4-6-16(13-15)23(25,26)27)28-22(32)30-18-11-9-17(10-12-18)29-21(31)19-7-2-3-8-20(19)24/h2-14H,1H3,(H,29,31)(H2,28,30,32). The number of anilines is 2. The van der Waals surface area contributed by atoms with Crippen LogP contribution < -0.4 is 16.0 Å². The third-order valence-electron chi connectivity index (χ3n) is 4.58. The summed E-state index contributed by atoms with van der Waals surface area (Å²) in [4.78, 5) is 12.2. The van der Waals surface area contributed by atoms with Crippen LogP contribution in [0.1, 0.15) is 34.5 Å². The highest BCUT2D eigenvalue weighted by Gasteiger charge is 2.30. The molecule has 0 aliphatic carbocycles. The van der Waals surface area contributed by atoms with Crippen molar-refractivity contribution in [2.75, 3.05) is 10.6 Å². The van der Waals surface area contributed by atoms with Crippen LogP contribution in [0.15, 0.2) is 72.8 Å². The zero-order valence-electron chi connectivity index (χ0n) is 16.8. The predicted octanol–water partition coefficient (Wildman–Crippen LogP) is 6.14. The number of hydrogen-bond donors (Lipinski definition) is 3. The molecule has 166 valence electrons. The lowest BCUT2D eigenvalue weighted by Crippen LogP contribution is -2.31. The van der Waals surface area contributed by atoms with Gasteiger partial charge >= 0.3 is 6.18 Å². The summed E-state index contributed by atoms with van der Waals surface area (Å²) in [5.74, 6) is -1.19. The topological polar surface area (TPSA) is 53.2 Å². The minimum absolute atomic E-state index is 0.0661. The van der Waals surface area contributed by atoms with Crippen LogP contribution in [0.5, 0.6) is 0 Å². The van der Waals surface area contributed by atoms with E-state index in [-0.39, 0.29) is 10.7 Å². The largest absolute Gasteiger partial charge is 0.416 e. The van der Waals surface area contributed by atoms with Gasteiger partial charge in [-0.1, -0.05) is 24.3 Å². The predicted molar refractivity (Wildman–Crippen MR) is 120 cm³/mol. The van der Waals surface area contributed by atoms with Crippen molar-refractivity contribution in [3.63, 3.8) is 0 Å². The molecule has 3 aromatic rings. The molecular formula is C23H19F4N3OS. The molecule has 1 atom stereocenters. The Morgan fingerprint density at radius 2 is 1.53 bits per heavy atom. The van der Waals surface area contributed by atoms with Crippen LogP contribution in [-0.2, 0) is 6.18 Å². The molecule has 0 bridgehead atoms. The van der Waals surface area contributed by atoms with Gasteiger partial charge in [-0.3, -0.25) is 4.79 Å². The van der Waals surface area contributed by atoms with Crippen LogP contribution in [-0.4, -0.2) is 11.0 Å². The number of nitrogens with one attached hydrogen (secondary N) is 3. The molecule has 0 heterocycles. The Bertz CT molecular complexity index is 1120. The van der Waals surface area contributed by atoms with Crippen LogP contribution in [0.25, 0.3) is 0 Å². The minimum Gasteiger partial charge on any atom is -0.356 e. The maximum atomic E-state index is 13.7. The first-order valence-electron chi connectivity index (χ1n) is 9.54. The number of halogens is 4. The summed E-state index contributed by atoms with van der Waals surface area (Å²) in [5.41, 5.74) is 0.706. The van der Waals surface area contributed by atoms with E-state index < -0.39 is 29.5 Å². The molecule has 3 N–H and O–H groups in total. The van der Waals surface area contributed by atoms with Crippen molar-refractivity contribution in [2.45, 2.75) is 19.1 Å². The molecule has 9 heteroatoms. The van der Waals surface area contributed by atoms with Gasteiger partial charge in [0, 0.05) is 11.4 Å². The first-order valence-corrected chi connectivity index (χ1v) is 9.95. The van der Waals surface area contributed by atoms with Gasteiger partial charge in [0.25, 0.3) is 5.91 Å². The number of benzene rings is 3. The Morgan fingerprint density at radius 1 is 0.906 bits per heavy atom. The Morgan fingerprint density at radius 3 is 2.16 bits per heavy atom. The highest BCUT2D eigenvalue weighted by molar-refractivity contribution is 7.80. The molecule has 32 heavy (non-hydrogen) atoms. The lowest BCUT2D eigenvalue weighted by molar-refractivity contribution is -0.137. The lowest BCUT2D eigenvalue weighted by atomic mass is 10.1. The van der Waals surface area contributed by atoms with Gasteiger partial charge in [0.2, 0.25) is 0 Å². The fraction of sp³-hybridized carbons (Fsp3) is 0.130. The number of thiocarbonyl (C=S) groups is 1. The second-order valence-corrected chi connectivity index (χ2v) is 7.36. The van der Waals surface area contributed by atoms with Crippen molar-refractivity contribution < 1.29 is 22.4 Å². The average Bonchev–Trinajstić information content (AvgIpc) is 2.75. The molecule has 0 radical (unpaired) electrons. The summed E-state index contributed by atoms with van der Waals surface area (Å²) in [6.07, 6.45) is -4.42. The Balaban J connectivity index is 1.58. The Kier molecular flexibility index (Phi) is 7.09. The van der Waals surface area contributed by atoms with E-state index in [1.54, 1.807) is 43.3 Å². The molecule has 3 rings (SSSR count). The molecule has 0 aromatic heterocycles. The normalized spacial score (nSPS) is 12.0. The molecule has 0 saturated carbocycles. The minimum atomic E-state index is -4.42. The molecular weight excluding hydrogens is 442 g/mol. The van der Waals surface area contributed by atoms with E-state index >= 15 is 0 Å². The van der Waals surface area contributed by atoms with E-state index in [2.05, 4.69) is 16.0 Å². The SMILES string of the molecule is CC(NC(=S)Nc1ccc(NC(=O)c2ccccc2F)cc1)c1cccc(C(F)(F)F)c1. The zero-order valence-corrected chi connectivity index (χ0v) is 17.7.